The first-order valence-electron chi connectivity index (χ1n) is 4.33. The molecule has 0 spiro atoms. The first-order valence-corrected chi connectivity index (χ1v) is 6.23. The van der Waals surface area contributed by atoms with Crippen LogP contribution in [0.15, 0.2) is 18.2 Å². The monoisotopic (exact) mass is 319 g/mol. The summed E-state index contributed by atoms with van der Waals surface area (Å²) in [6.45, 7) is 2.62. The number of hydrogen-bond donors (Lipinski definition) is 1. The molecular formula is C10H10INOS. The molecule has 0 unspecified atom stereocenters. The van der Waals surface area contributed by atoms with Gasteiger partial charge in [-0.1, -0.05) is 6.07 Å². The van der Waals surface area contributed by atoms with Crippen LogP contribution in [0.25, 0.3) is 10.1 Å². The second kappa shape index (κ2) is 3.94. The van der Waals surface area contributed by atoms with Gasteiger partial charge >= 0.3 is 0 Å². The van der Waals surface area contributed by atoms with E-state index in [0.29, 0.717) is 6.61 Å². The molecule has 1 aromatic heterocycles. The number of halogens is 1. The molecule has 0 aliphatic heterocycles. The van der Waals surface area contributed by atoms with Gasteiger partial charge in [0.05, 0.1) is 11.3 Å². The summed E-state index contributed by atoms with van der Waals surface area (Å²) in [5, 5.41) is 1.90. The Hall–Kier alpha value is -0.490. The van der Waals surface area contributed by atoms with E-state index in [4.69, 9.17) is 10.5 Å². The highest BCUT2D eigenvalue weighted by Crippen LogP contribution is 2.41. The van der Waals surface area contributed by atoms with Crippen LogP contribution in [-0.2, 0) is 0 Å². The number of rotatable bonds is 2. The minimum Gasteiger partial charge on any atom is -0.490 e. The fourth-order valence-corrected chi connectivity index (χ4v) is 3.12. The smallest absolute Gasteiger partial charge is 0.161 e. The Labute approximate surface area is 100 Å². The fourth-order valence-electron chi connectivity index (χ4n) is 1.37. The van der Waals surface area contributed by atoms with E-state index in [9.17, 15) is 0 Å². The quantitative estimate of drug-likeness (QED) is 0.860. The van der Waals surface area contributed by atoms with E-state index in [-0.39, 0.29) is 0 Å². The average molecular weight is 319 g/mol. The van der Waals surface area contributed by atoms with Crippen LogP contribution >= 0.6 is 33.9 Å². The van der Waals surface area contributed by atoms with Crippen molar-refractivity contribution in [3.8, 4) is 5.75 Å². The number of benzene rings is 1. The molecule has 2 N–H and O–H groups in total. The third kappa shape index (κ3) is 1.56. The molecule has 14 heavy (non-hydrogen) atoms. The molecule has 4 heteroatoms. The zero-order chi connectivity index (χ0) is 10.1. The maximum Gasteiger partial charge on any atom is 0.161 e. The highest BCUT2D eigenvalue weighted by Gasteiger charge is 2.11. The minimum atomic E-state index is 0.654. The number of thiophene rings is 1. The number of anilines is 1. The van der Waals surface area contributed by atoms with Crippen molar-refractivity contribution in [3.05, 3.63) is 21.8 Å². The van der Waals surface area contributed by atoms with E-state index >= 15 is 0 Å². The molecule has 0 aliphatic rings. The normalized spacial score (nSPS) is 10.7. The van der Waals surface area contributed by atoms with Crippen LogP contribution in [0.2, 0.25) is 0 Å². The highest BCUT2D eigenvalue weighted by molar-refractivity contribution is 14.1. The lowest BCUT2D eigenvalue weighted by Crippen LogP contribution is -1.93. The Morgan fingerprint density at radius 3 is 3.00 bits per heavy atom. The number of nitrogens with two attached hydrogens (primary N) is 1. The topological polar surface area (TPSA) is 35.2 Å². The van der Waals surface area contributed by atoms with Crippen molar-refractivity contribution >= 4 is 49.0 Å². The summed E-state index contributed by atoms with van der Waals surface area (Å²) in [5.74, 6) is 0.839. The van der Waals surface area contributed by atoms with Crippen LogP contribution in [0.4, 0.5) is 5.00 Å². The van der Waals surface area contributed by atoms with Crippen LogP contribution in [0.1, 0.15) is 6.92 Å². The Morgan fingerprint density at radius 2 is 2.29 bits per heavy atom. The predicted octanol–water partition coefficient (Wildman–Crippen LogP) is 3.49. The van der Waals surface area contributed by atoms with Crippen LogP contribution in [0, 0.1) is 3.57 Å². The van der Waals surface area contributed by atoms with E-state index < -0.39 is 0 Å². The average Bonchev–Trinajstić information content (AvgIpc) is 2.47. The Kier molecular flexibility index (Phi) is 2.83. The zero-order valence-corrected chi connectivity index (χ0v) is 10.7. The third-order valence-corrected chi connectivity index (χ3v) is 4.25. The van der Waals surface area contributed by atoms with Crippen molar-refractivity contribution in [2.45, 2.75) is 6.92 Å². The van der Waals surface area contributed by atoms with Gasteiger partial charge in [0.15, 0.2) is 5.75 Å². The lowest BCUT2D eigenvalue weighted by molar-refractivity contribution is 0.347. The molecule has 0 saturated heterocycles. The van der Waals surface area contributed by atoms with Crippen LogP contribution in [0.3, 0.4) is 0 Å². The largest absolute Gasteiger partial charge is 0.490 e. The molecule has 2 rings (SSSR count). The van der Waals surface area contributed by atoms with Crippen molar-refractivity contribution < 1.29 is 4.74 Å². The first-order chi connectivity index (χ1) is 6.74. The second-order valence-electron chi connectivity index (χ2n) is 2.84. The summed E-state index contributed by atoms with van der Waals surface area (Å²) in [4.78, 5) is 0. The summed E-state index contributed by atoms with van der Waals surface area (Å²) < 4.78 is 7.97. The zero-order valence-electron chi connectivity index (χ0n) is 7.71. The van der Waals surface area contributed by atoms with Gasteiger partial charge in [0, 0.05) is 8.96 Å². The molecule has 2 aromatic rings. The van der Waals surface area contributed by atoms with Crippen LogP contribution < -0.4 is 10.5 Å². The summed E-state index contributed by atoms with van der Waals surface area (Å²) in [5.41, 5.74) is 5.90. The molecule has 1 aromatic carbocycles. The van der Waals surface area contributed by atoms with Gasteiger partial charge in [0.1, 0.15) is 5.00 Å². The summed E-state index contributed by atoms with van der Waals surface area (Å²) in [7, 11) is 0. The first kappa shape index (κ1) is 10.0. The van der Waals surface area contributed by atoms with Gasteiger partial charge in [-0.15, -0.1) is 11.3 Å². The maximum atomic E-state index is 5.90. The molecule has 74 valence electrons. The molecule has 2 nitrogen and oxygen atoms in total. The Balaban J connectivity index is 2.70. The van der Waals surface area contributed by atoms with Crippen LogP contribution in [-0.4, -0.2) is 6.61 Å². The van der Waals surface area contributed by atoms with Gasteiger partial charge in [0.2, 0.25) is 0 Å². The van der Waals surface area contributed by atoms with Crippen LogP contribution in [0.5, 0.6) is 5.75 Å². The maximum absolute atomic E-state index is 5.90. The van der Waals surface area contributed by atoms with Crippen molar-refractivity contribution in [3.63, 3.8) is 0 Å². The molecule has 0 fully saturated rings. The molecule has 0 aliphatic carbocycles. The number of fused-ring (bicyclic) bond motifs is 1. The molecule has 0 amide bonds. The molecule has 0 bridgehead atoms. The third-order valence-electron chi connectivity index (χ3n) is 1.94. The number of hydrogen-bond acceptors (Lipinski definition) is 3. The van der Waals surface area contributed by atoms with Gasteiger partial charge < -0.3 is 10.5 Å². The van der Waals surface area contributed by atoms with Gasteiger partial charge in [-0.2, -0.15) is 0 Å². The molecule has 0 atom stereocenters. The summed E-state index contributed by atoms with van der Waals surface area (Å²) >= 11 is 3.91. The van der Waals surface area contributed by atoms with Gasteiger partial charge in [-0.3, -0.25) is 0 Å². The van der Waals surface area contributed by atoms with Crippen molar-refractivity contribution in [2.75, 3.05) is 12.3 Å². The summed E-state index contributed by atoms with van der Waals surface area (Å²) in [6.07, 6.45) is 0. The molecule has 0 saturated carbocycles. The standard InChI is InChI=1S/C10H10INOS/c1-2-13-8-6-4-3-5-7(11)9(6)14-10(8)12/h3-5H,2,12H2,1H3. The molecule has 0 radical (unpaired) electrons. The minimum absolute atomic E-state index is 0.654. The van der Waals surface area contributed by atoms with E-state index in [1.54, 1.807) is 11.3 Å². The summed E-state index contributed by atoms with van der Waals surface area (Å²) in [6, 6.07) is 6.16. The highest BCUT2D eigenvalue weighted by atomic mass is 127. The Bertz CT molecular complexity index is 466. The van der Waals surface area contributed by atoms with Gasteiger partial charge in [0.25, 0.3) is 0 Å². The lowest BCUT2D eigenvalue weighted by Gasteiger charge is -2.01. The van der Waals surface area contributed by atoms with Crippen molar-refractivity contribution in [1.29, 1.82) is 0 Å². The predicted molar refractivity (Wildman–Crippen MR) is 70.1 cm³/mol. The molecular weight excluding hydrogens is 309 g/mol. The number of nitrogen functional groups attached to an aromatic ring is 1. The van der Waals surface area contributed by atoms with Gasteiger partial charge in [-0.05, 0) is 41.6 Å². The van der Waals surface area contributed by atoms with E-state index in [1.165, 1.54) is 8.27 Å². The number of ether oxygens (including phenoxy) is 1. The lowest BCUT2D eigenvalue weighted by atomic mass is 10.2. The van der Waals surface area contributed by atoms with E-state index in [1.807, 2.05) is 13.0 Å². The van der Waals surface area contributed by atoms with Crippen molar-refractivity contribution in [1.82, 2.24) is 0 Å². The van der Waals surface area contributed by atoms with Crippen molar-refractivity contribution in [2.24, 2.45) is 0 Å². The van der Waals surface area contributed by atoms with Gasteiger partial charge in [-0.25, -0.2) is 0 Å². The fraction of sp³-hybridized carbons (Fsp3) is 0.200. The Morgan fingerprint density at radius 1 is 1.50 bits per heavy atom. The van der Waals surface area contributed by atoms with E-state index in [2.05, 4.69) is 34.7 Å². The van der Waals surface area contributed by atoms with E-state index in [0.717, 1.165) is 16.1 Å². The SMILES string of the molecule is CCOc1c(N)sc2c(I)cccc12. The molecule has 1 heterocycles. The second-order valence-corrected chi connectivity index (χ2v) is 5.06.